The molecule has 4 aromatic rings. The summed E-state index contributed by atoms with van der Waals surface area (Å²) in [7, 11) is 0. The molecular weight excluding hydrogens is 525 g/mol. The Morgan fingerprint density at radius 2 is 1.80 bits per heavy atom. The molecule has 0 unspecified atom stereocenters. The SMILES string of the molecule is Cc1ccc(F)cc1Oc1cc(N(CC(F)F)C(=O)OC(C)(C)C)c2ncc(-c3ccc(C(N)=O)c(C)c3)n2c1. The zero-order chi connectivity index (χ0) is 29.4. The quantitative estimate of drug-likeness (QED) is 0.276. The summed E-state index contributed by atoms with van der Waals surface area (Å²) in [5.74, 6) is -0.774. The number of benzene rings is 2. The third kappa shape index (κ3) is 6.19. The number of nitrogens with zero attached hydrogens (tertiary/aromatic N) is 3. The molecule has 210 valence electrons. The number of ether oxygens (including phenoxy) is 2. The van der Waals surface area contributed by atoms with Crippen LogP contribution in [-0.2, 0) is 4.74 Å². The number of aryl methyl sites for hydroxylation is 2. The fourth-order valence-electron chi connectivity index (χ4n) is 4.15. The summed E-state index contributed by atoms with van der Waals surface area (Å²) in [6, 6.07) is 10.4. The van der Waals surface area contributed by atoms with Gasteiger partial charge in [-0.25, -0.2) is 22.9 Å². The molecule has 40 heavy (non-hydrogen) atoms. The molecule has 0 spiro atoms. The van der Waals surface area contributed by atoms with Gasteiger partial charge in [0.2, 0.25) is 5.91 Å². The van der Waals surface area contributed by atoms with Gasteiger partial charge in [0.1, 0.15) is 22.9 Å². The van der Waals surface area contributed by atoms with Gasteiger partial charge in [0.15, 0.2) is 5.65 Å². The van der Waals surface area contributed by atoms with Crippen molar-refractivity contribution in [2.45, 2.75) is 46.6 Å². The molecule has 0 aliphatic heterocycles. The van der Waals surface area contributed by atoms with Crippen molar-refractivity contribution in [3.63, 3.8) is 0 Å². The van der Waals surface area contributed by atoms with Crippen LogP contribution in [0.4, 0.5) is 23.7 Å². The second-order valence-electron chi connectivity index (χ2n) is 10.3. The standard InChI is InChI=1S/C29H29F3N4O4/c1-16-6-8-19(30)11-24(16)39-20-12-22(36(15-25(31)32)28(38)40-29(3,4)5)27-34-13-23(35(27)14-20)18-7-9-21(26(33)37)17(2)10-18/h6-14,25H,15H2,1-5H3,(H2,33,37). The van der Waals surface area contributed by atoms with Crippen molar-refractivity contribution >= 4 is 23.3 Å². The van der Waals surface area contributed by atoms with Gasteiger partial charge >= 0.3 is 6.09 Å². The van der Waals surface area contributed by atoms with E-state index >= 15 is 0 Å². The van der Waals surface area contributed by atoms with Gasteiger partial charge < -0.3 is 15.2 Å². The first-order chi connectivity index (χ1) is 18.7. The van der Waals surface area contributed by atoms with E-state index in [0.29, 0.717) is 27.9 Å². The second kappa shape index (κ2) is 10.9. The fraction of sp³-hybridized carbons (Fsp3) is 0.276. The number of hydrogen-bond acceptors (Lipinski definition) is 5. The van der Waals surface area contributed by atoms with Crippen molar-refractivity contribution in [1.82, 2.24) is 9.38 Å². The van der Waals surface area contributed by atoms with Crippen molar-refractivity contribution in [3.05, 3.63) is 77.4 Å². The second-order valence-corrected chi connectivity index (χ2v) is 10.3. The molecule has 11 heteroatoms. The summed E-state index contributed by atoms with van der Waals surface area (Å²) >= 11 is 0. The lowest BCUT2D eigenvalue weighted by molar-refractivity contribution is 0.0543. The first kappa shape index (κ1) is 28.5. The Morgan fingerprint density at radius 1 is 1.07 bits per heavy atom. The highest BCUT2D eigenvalue weighted by Crippen LogP contribution is 2.35. The molecule has 4 rings (SSSR count). The molecule has 0 fully saturated rings. The lowest BCUT2D eigenvalue weighted by Crippen LogP contribution is -2.40. The molecule has 2 amide bonds. The van der Waals surface area contributed by atoms with Gasteiger partial charge in [-0.05, 0) is 63.9 Å². The number of halogens is 3. The van der Waals surface area contributed by atoms with Crippen LogP contribution in [0.5, 0.6) is 11.5 Å². The fourth-order valence-corrected chi connectivity index (χ4v) is 4.15. The predicted molar refractivity (Wildman–Crippen MR) is 145 cm³/mol. The van der Waals surface area contributed by atoms with E-state index < -0.39 is 36.4 Å². The van der Waals surface area contributed by atoms with E-state index in [4.69, 9.17) is 15.2 Å². The number of rotatable bonds is 7. The lowest BCUT2D eigenvalue weighted by Gasteiger charge is -2.27. The average molecular weight is 555 g/mol. The van der Waals surface area contributed by atoms with Gasteiger partial charge in [-0.3, -0.25) is 14.1 Å². The Hall–Kier alpha value is -4.54. The maximum Gasteiger partial charge on any atom is 0.415 e. The van der Waals surface area contributed by atoms with Crippen molar-refractivity contribution in [2.75, 3.05) is 11.4 Å². The van der Waals surface area contributed by atoms with Crippen LogP contribution in [-0.4, -0.2) is 40.0 Å². The highest BCUT2D eigenvalue weighted by Gasteiger charge is 2.29. The minimum atomic E-state index is -2.89. The zero-order valence-electron chi connectivity index (χ0n) is 22.7. The first-order valence-corrected chi connectivity index (χ1v) is 12.4. The van der Waals surface area contributed by atoms with E-state index in [0.717, 1.165) is 4.90 Å². The predicted octanol–water partition coefficient (Wildman–Crippen LogP) is 6.66. The Balaban J connectivity index is 1.94. The van der Waals surface area contributed by atoms with Gasteiger partial charge in [-0.2, -0.15) is 0 Å². The lowest BCUT2D eigenvalue weighted by atomic mass is 10.0. The number of carbonyl (C=O) groups is 2. The minimum Gasteiger partial charge on any atom is -0.455 e. The van der Waals surface area contributed by atoms with Crippen LogP contribution in [0.1, 0.15) is 42.3 Å². The Labute approximate surface area is 229 Å². The first-order valence-electron chi connectivity index (χ1n) is 12.4. The van der Waals surface area contributed by atoms with E-state index in [2.05, 4.69) is 4.98 Å². The van der Waals surface area contributed by atoms with Crippen LogP contribution in [0, 0.1) is 19.7 Å². The van der Waals surface area contributed by atoms with E-state index in [1.165, 1.54) is 24.4 Å². The molecule has 2 aromatic heterocycles. The van der Waals surface area contributed by atoms with E-state index in [9.17, 15) is 22.8 Å². The highest BCUT2D eigenvalue weighted by atomic mass is 19.3. The summed E-state index contributed by atoms with van der Waals surface area (Å²) in [6.07, 6.45) is -0.830. The number of amides is 2. The van der Waals surface area contributed by atoms with Crippen molar-refractivity contribution in [1.29, 1.82) is 0 Å². The minimum absolute atomic E-state index is 0.00201. The molecule has 2 aromatic carbocycles. The van der Waals surface area contributed by atoms with Gasteiger partial charge in [-0.1, -0.05) is 12.1 Å². The normalized spacial score (nSPS) is 11.6. The summed E-state index contributed by atoms with van der Waals surface area (Å²) in [6.45, 7) is 7.36. The third-order valence-electron chi connectivity index (χ3n) is 5.95. The van der Waals surface area contributed by atoms with Crippen LogP contribution < -0.4 is 15.4 Å². The molecule has 0 aliphatic rings. The molecule has 2 N–H and O–H groups in total. The zero-order valence-corrected chi connectivity index (χ0v) is 22.7. The number of anilines is 1. The van der Waals surface area contributed by atoms with Crippen LogP contribution >= 0.6 is 0 Å². The monoisotopic (exact) mass is 554 g/mol. The average Bonchev–Trinajstić information content (AvgIpc) is 3.27. The van der Waals surface area contributed by atoms with Crippen LogP contribution in [0.3, 0.4) is 0 Å². The maximum absolute atomic E-state index is 14.0. The number of nitrogens with two attached hydrogens (primary N) is 1. The van der Waals surface area contributed by atoms with Crippen LogP contribution in [0.25, 0.3) is 16.9 Å². The summed E-state index contributed by atoms with van der Waals surface area (Å²) in [5.41, 5.74) is 7.40. The molecule has 0 atom stereocenters. The van der Waals surface area contributed by atoms with E-state index in [-0.39, 0.29) is 22.8 Å². The molecule has 0 saturated carbocycles. The topological polar surface area (TPSA) is 99.2 Å². The number of hydrogen-bond donors (Lipinski definition) is 1. The largest absolute Gasteiger partial charge is 0.455 e. The van der Waals surface area contributed by atoms with Crippen molar-refractivity contribution < 1.29 is 32.2 Å². The Morgan fingerprint density at radius 3 is 2.42 bits per heavy atom. The number of aromatic nitrogens is 2. The van der Waals surface area contributed by atoms with Gasteiger partial charge in [0.05, 0.1) is 30.3 Å². The van der Waals surface area contributed by atoms with Gasteiger partial charge in [0, 0.05) is 23.3 Å². The smallest absolute Gasteiger partial charge is 0.415 e. The third-order valence-corrected chi connectivity index (χ3v) is 5.95. The number of pyridine rings is 1. The van der Waals surface area contributed by atoms with Crippen LogP contribution in [0.2, 0.25) is 0 Å². The van der Waals surface area contributed by atoms with Crippen molar-refractivity contribution in [3.8, 4) is 22.8 Å². The number of imidazole rings is 1. The van der Waals surface area contributed by atoms with E-state index in [1.54, 1.807) is 69.5 Å². The Kier molecular flexibility index (Phi) is 7.77. The number of fused-ring (bicyclic) bond motifs is 1. The molecular formula is C29H29F3N4O4. The summed E-state index contributed by atoms with van der Waals surface area (Å²) < 4.78 is 54.5. The Bertz CT molecular complexity index is 1590. The molecule has 0 saturated heterocycles. The molecule has 0 bridgehead atoms. The van der Waals surface area contributed by atoms with Crippen molar-refractivity contribution in [2.24, 2.45) is 5.73 Å². The number of primary amides is 1. The van der Waals surface area contributed by atoms with Gasteiger partial charge in [0.25, 0.3) is 6.43 Å². The molecule has 0 radical (unpaired) electrons. The van der Waals surface area contributed by atoms with E-state index in [1.807, 2.05) is 0 Å². The molecule has 8 nitrogen and oxygen atoms in total. The number of carbonyl (C=O) groups excluding carboxylic acids is 2. The maximum atomic E-state index is 14.0. The molecule has 0 aliphatic carbocycles. The summed E-state index contributed by atoms with van der Waals surface area (Å²) in [5, 5.41) is 0. The highest BCUT2D eigenvalue weighted by molar-refractivity contribution is 5.95. The van der Waals surface area contributed by atoms with Gasteiger partial charge in [-0.15, -0.1) is 0 Å². The van der Waals surface area contributed by atoms with Crippen LogP contribution in [0.15, 0.2) is 54.9 Å². The number of alkyl halides is 2. The summed E-state index contributed by atoms with van der Waals surface area (Å²) in [4.78, 5) is 30.1. The molecule has 2 heterocycles.